The molecule has 0 atom stereocenters. The first-order valence-corrected chi connectivity index (χ1v) is 12.9. The summed E-state index contributed by atoms with van der Waals surface area (Å²) >= 11 is 3.11. The van der Waals surface area contributed by atoms with E-state index in [9.17, 15) is 4.79 Å². The fourth-order valence-electron chi connectivity index (χ4n) is 3.82. The predicted molar refractivity (Wildman–Crippen MR) is 145 cm³/mol. The monoisotopic (exact) mass is 499 g/mol. The van der Waals surface area contributed by atoms with E-state index in [4.69, 9.17) is 10.1 Å². The van der Waals surface area contributed by atoms with Crippen LogP contribution in [0.1, 0.15) is 21.7 Å². The number of thiazole rings is 1. The van der Waals surface area contributed by atoms with Gasteiger partial charge in [0.05, 0.1) is 28.2 Å². The van der Waals surface area contributed by atoms with Gasteiger partial charge in [0.2, 0.25) is 4.80 Å². The van der Waals surface area contributed by atoms with Gasteiger partial charge >= 0.3 is 0 Å². The molecule has 0 spiro atoms. The molecule has 8 heteroatoms. The van der Waals surface area contributed by atoms with Crippen LogP contribution in [-0.4, -0.2) is 20.3 Å². The molecule has 35 heavy (non-hydrogen) atoms. The van der Waals surface area contributed by atoms with Gasteiger partial charge in [-0.1, -0.05) is 48.0 Å². The molecule has 0 aliphatic heterocycles. The second-order valence-electron chi connectivity index (χ2n) is 8.32. The molecule has 0 radical (unpaired) electrons. The molecule has 0 aliphatic carbocycles. The van der Waals surface area contributed by atoms with E-state index in [0.717, 1.165) is 27.5 Å². The molecule has 2 aromatic carbocycles. The predicted octanol–water partition coefficient (Wildman–Crippen LogP) is 5.81. The molecule has 3 heterocycles. The minimum Gasteiger partial charge on any atom is -0.283 e. The van der Waals surface area contributed by atoms with E-state index in [1.807, 2.05) is 65.3 Å². The number of hydrogen-bond acceptors (Lipinski definition) is 5. The average Bonchev–Trinajstić information content (AvgIpc) is 3.52. The second-order valence-corrected chi connectivity index (χ2v) is 10.1. The Morgan fingerprint density at radius 2 is 1.66 bits per heavy atom. The summed E-state index contributed by atoms with van der Waals surface area (Å²) in [6.07, 6.45) is 1.86. The van der Waals surface area contributed by atoms with Crippen LogP contribution in [0.4, 0.5) is 5.69 Å². The lowest BCUT2D eigenvalue weighted by Gasteiger charge is -2.07. The first kappa shape index (κ1) is 23.0. The molecule has 6 nitrogen and oxygen atoms in total. The van der Waals surface area contributed by atoms with Crippen molar-refractivity contribution in [3.05, 3.63) is 108 Å². The Bertz CT molecular complexity index is 1640. The quantitative estimate of drug-likeness (QED) is 0.282. The van der Waals surface area contributed by atoms with Crippen LogP contribution in [0, 0.1) is 20.8 Å². The Balaban J connectivity index is 1.70. The molecule has 3 aromatic heterocycles. The number of hydrogen-bond donors (Lipinski definition) is 0. The maximum absolute atomic E-state index is 13.4. The third-order valence-corrected chi connectivity index (χ3v) is 7.73. The smallest absolute Gasteiger partial charge is 0.283 e. The minimum atomic E-state index is -0.161. The summed E-state index contributed by atoms with van der Waals surface area (Å²) in [4.78, 5) is 20.0. The number of aromatic nitrogens is 3. The highest BCUT2D eigenvalue weighted by Gasteiger charge is 2.17. The van der Waals surface area contributed by atoms with Crippen molar-refractivity contribution >= 4 is 34.6 Å². The third-order valence-electron chi connectivity index (χ3n) is 5.96. The summed E-state index contributed by atoms with van der Waals surface area (Å²) in [5.74, 6) is 0. The van der Waals surface area contributed by atoms with Crippen LogP contribution < -0.4 is 10.4 Å². The van der Waals surface area contributed by atoms with E-state index in [1.165, 1.54) is 22.5 Å². The van der Waals surface area contributed by atoms with Crippen molar-refractivity contribution in [2.24, 2.45) is 17.1 Å². The SMILES string of the molecule is Cc1ccc(-c2csc(=Nc3c(C)n(C)n(-c4ccccc4)c3=O)n2N=Cc2sccc2C)cc1. The van der Waals surface area contributed by atoms with Gasteiger partial charge in [-0.05, 0) is 49.9 Å². The van der Waals surface area contributed by atoms with Gasteiger partial charge in [0.1, 0.15) is 0 Å². The van der Waals surface area contributed by atoms with Gasteiger partial charge < -0.3 is 0 Å². The standard InChI is InChI=1S/C27H25N5OS2/c1-18-10-12-21(13-11-18)23-17-35-27(31(23)28-16-24-19(2)14-15-34-24)29-25-20(3)30(4)32(26(25)33)22-8-6-5-7-9-22/h5-17H,1-4H3. The van der Waals surface area contributed by atoms with Crippen LogP contribution in [0.15, 0.2) is 86.3 Å². The Hall–Kier alpha value is -3.75. The number of thiophene rings is 1. The van der Waals surface area contributed by atoms with Crippen LogP contribution in [0.25, 0.3) is 16.9 Å². The summed E-state index contributed by atoms with van der Waals surface area (Å²) in [6, 6.07) is 20.0. The van der Waals surface area contributed by atoms with Crippen molar-refractivity contribution in [1.29, 1.82) is 0 Å². The first-order chi connectivity index (χ1) is 16.9. The zero-order valence-electron chi connectivity index (χ0n) is 20.0. The Labute approximate surface area is 211 Å². The zero-order chi connectivity index (χ0) is 24.5. The van der Waals surface area contributed by atoms with E-state index in [0.29, 0.717) is 10.5 Å². The van der Waals surface area contributed by atoms with Gasteiger partial charge in [-0.2, -0.15) is 5.10 Å². The van der Waals surface area contributed by atoms with Crippen molar-refractivity contribution in [2.75, 3.05) is 0 Å². The topological polar surface area (TPSA) is 56.6 Å². The molecule has 0 amide bonds. The van der Waals surface area contributed by atoms with Gasteiger partial charge in [0.15, 0.2) is 5.69 Å². The summed E-state index contributed by atoms with van der Waals surface area (Å²) < 4.78 is 5.31. The normalized spacial score (nSPS) is 12.2. The molecule has 0 N–H and O–H groups in total. The molecular formula is C27H25N5OS2. The molecule has 0 saturated heterocycles. The number of para-hydroxylation sites is 1. The van der Waals surface area contributed by atoms with E-state index in [1.54, 1.807) is 16.0 Å². The van der Waals surface area contributed by atoms with Crippen molar-refractivity contribution in [3.8, 4) is 16.9 Å². The van der Waals surface area contributed by atoms with Gasteiger partial charge in [-0.15, -0.1) is 22.7 Å². The van der Waals surface area contributed by atoms with Gasteiger partial charge in [-0.3, -0.25) is 9.48 Å². The maximum atomic E-state index is 13.4. The van der Waals surface area contributed by atoms with Crippen molar-refractivity contribution in [3.63, 3.8) is 0 Å². The summed E-state index contributed by atoms with van der Waals surface area (Å²) in [6.45, 7) is 6.05. The number of rotatable bonds is 5. The van der Waals surface area contributed by atoms with Crippen molar-refractivity contribution < 1.29 is 0 Å². The fraction of sp³-hybridized carbons (Fsp3) is 0.148. The highest BCUT2D eigenvalue weighted by Crippen LogP contribution is 2.23. The molecule has 0 saturated carbocycles. The average molecular weight is 500 g/mol. The van der Waals surface area contributed by atoms with Crippen LogP contribution >= 0.6 is 22.7 Å². The summed E-state index contributed by atoms with van der Waals surface area (Å²) in [7, 11) is 1.88. The summed E-state index contributed by atoms with van der Waals surface area (Å²) in [5.41, 5.74) is 6.17. The minimum absolute atomic E-state index is 0.161. The lowest BCUT2D eigenvalue weighted by molar-refractivity contribution is 0.630. The highest BCUT2D eigenvalue weighted by molar-refractivity contribution is 7.11. The zero-order valence-corrected chi connectivity index (χ0v) is 21.6. The maximum Gasteiger partial charge on any atom is 0.297 e. The van der Waals surface area contributed by atoms with Crippen LogP contribution in [0.2, 0.25) is 0 Å². The van der Waals surface area contributed by atoms with Crippen LogP contribution in [-0.2, 0) is 7.05 Å². The van der Waals surface area contributed by atoms with Crippen molar-refractivity contribution in [2.45, 2.75) is 20.8 Å². The molecule has 0 aliphatic rings. The van der Waals surface area contributed by atoms with Gasteiger partial charge in [0.25, 0.3) is 5.56 Å². The fourth-order valence-corrected chi connectivity index (χ4v) is 5.44. The number of aryl methyl sites for hydroxylation is 2. The molecule has 0 unspecified atom stereocenters. The first-order valence-electron chi connectivity index (χ1n) is 11.2. The van der Waals surface area contributed by atoms with Gasteiger partial charge in [-0.25, -0.2) is 14.4 Å². The molecule has 5 rings (SSSR count). The van der Waals surface area contributed by atoms with E-state index in [-0.39, 0.29) is 5.56 Å². The Morgan fingerprint density at radius 1 is 0.914 bits per heavy atom. The van der Waals surface area contributed by atoms with E-state index < -0.39 is 0 Å². The summed E-state index contributed by atoms with van der Waals surface area (Å²) in [5, 5.41) is 8.91. The molecule has 176 valence electrons. The molecule has 0 fully saturated rings. The second kappa shape index (κ2) is 9.48. The number of nitrogens with zero attached hydrogens (tertiary/aromatic N) is 5. The van der Waals surface area contributed by atoms with Crippen molar-refractivity contribution in [1.82, 2.24) is 14.0 Å². The molecule has 0 bridgehead atoms. The molecule has 5 aromatic rings. The third kappa shape index (κ3) is 4.38. The lowest BCUT2D eigenvalue weighted by Crippen LogP contribution is -2.19. The van der Waals surface area contributed by atoms with Crippen LogP contribution in [0.3, 0.4) is 0 Å². The molecular weight excluding hydrogens is 474 g/mol. The number of benzene rings is 2. The van der Waals surface area contributed by atoms with Crippen LogP contribution in [0.5, 0.6) is 0 Å². The lowest BCUT2D eigenvalue weighted by atomic mass is 10.1. The largest absolute Gasteiger partial charge is 0.297 e. The van der Waals surface area contributed by atoms with E-state index in [2.05, 4.69) is 49.6 Å². The Morgan fingerprint density at radius 3 is 2.34 bits per heavy atom. The van der Waals surface area contributed by atoms with Gasteiger partial charge in [0, 0.05) is 18.0 Å². The highest BCUT2D eigenvalue weighted by atomic mass is 32.1. The Kier molecular flexibility index (Phi) is 6.23. The van der Waals surface area contributed by atoms with E-state index >= 15 is 0 Å².